The summed E-state index contributed by atoms with van der Waals surface area (Å²) in [5.74, 6) is 0.295. The minimum absolute atomic E-state index is 0.0254. The van der Waals surface area contributed by atoms with E-state index in [1.54, 1.807) is 48.4 Å². The van der Waals surface area contributed by atoms with Crippen LogP contribution in [-0.2, 0) is 0 Å². The molecule has 1 saturated heterocycles. The van der Waals surface area contributed by atoms with E-state index in [-0.39, 0.29) is 22.9 Å². The quantitative estimate of drug-likeness (QED) is 0.553. The molecule has 10 heteroatoms. The van der Waals surface area contributed by atoms with E-state index in [4.69, 9.17) is 16.3 Å². The third-order valence-corrected chi connectivity index (χ3v) is 6.44. The molecule has 2 N–H and O–H groups in total. The van der Waals surface area contributed by atoms with Crippen LogP contribution in [0.1, 0.15) is 33.6 Å². The second kappa shape index (κ2) is 9.97. The van der Waals surface area contributed by atoms with Gasteiger partial charge in [0.25, 0.3) is 5.91 Å². The van der Waals surface area contributed by atoms with Crippen molar-refractivity contribution in [2.24, 2.45) is 0 Å². The van der Waals surface area contributed by atoms with Crippen molar-refractivity contribution in [2.45, 2.75) is 18.8 Å². The molecule has 1 fully saturated rings. The molecule has 2 aromatic carbocycles. The largest absolute Gasteiger partial charge is 0.495 e. The maximum atomic E-state index is 12.8. The molecule has 0 unspecified atom stereocenters. The number of rotatable bonds is 5. The highest BCUT2D eigenvalue weighted by molar-refractivity contribution is 7.13. The van der Waals surface area contributed by atoms with E-state index in [0.717, 1.165) is 17.8 Å². The molecule has 3 amide bonds. The number of carbonyl (C=O) groups excluding carboxylic acids is 2. The summed E-state index contributed by atoms with van der Waals surface area (Å²) in [5, 5.41) is 15.5. The number of halogens is 1. The fourth-order valence-corrected chi connectivity index (χ4v) is 4.60. The third kappa shape index (κ3) is 5.17. The summed E-state index contributed by atoms with van der Waals surface area (Å²) in [6.07, 6.45) is 1.72. The Morgan fingerprint density at radius 3 is 2.81 bits per heavy atom. The van der Waals surface area contributed by atoms with Gasteiger partial charge in [0.05, 0.1) is 12.8 Å². The smallest absolute Gasteiger partial charge is 0.321 e. The highest BCUT2D eigenvalue weighted by atomic mass is 35.5. The zero-order chi connectivity index (χ0) is 22.5. The number of carbonyl (C=O) groups is 2. The number of anilines is 2. The monoisotopic (exact) mass is 471 g/mol. The lowest BCUT2D eigenvalue weighted by molar-refractivity contribution is 0.102. The van der Waals surface area contributed by atoms with Crippen molar-refractivity contribution in [2.75, 3.05) is 30.8 Å². The second-order valence-corrected chi connectivity index (χ2v) is 8.77. The first-order valence-electron chi connectivity index (χ1n) is 10.1. The number of likely N-dealkylation sites (tertiary alicyclic amines) is 1. The van der Waals surface area contributed by atoms with Gasteiger partial charge in [-0.3, -0.25) is 4.79 Å². The van der Waals surface area contributed by atoms with Gasteiger partial charge in [0.15, 0.2) is 0 Å². The van der Waals surface area contributed by atoms with E-state index < -0.39 is 0 Å². The zero-order valence-corrected chi connectivity index (χ0v) is 18.9. The summed E-state index contributed by atoms with van der Waals surface area (Å²) in [5.41, 5.74) is 1.22. The summed E-state index contributed by atoms with van der Waals surface area (Å²) in [6.45, 7) is 1.16. The number of methoxy groups -OCH3 is 1. The van der Waals surface area contributed by atoms with Crippen LogP contribution in [0.15, 0.2) is 48.5 Å². The summed E-state index contributed by atoms with van der Waals surface area (Å²) < 4.78 is 5.30. The Balaban J connectivity index is 1.40. The van der Waals surface area contributed by atoms with Crippen LogP contribution in [-0.4, -0.2) is 47.2 Å². The molecule has 0 saturated carbocycles. The van der Waals surface area contributed by atoms with Gasteiger partial charge in [0.1, 0.15) is 10.8 Å². The number of piperidine rings is 1. The molecule has 8 nitrogen and oxygen atoms in total. The van der Waals surface area contributed by atoms with Crippen molar-refractivity contribution in [1.29, 1.82) is 0 Å². The molecule has 0 bridgehead atoms. The molecule has 0 spiro atoms. The van der Waals surface area contributed by atoms with E-state index in [0.29, 0.717) is 35.2 Å². The second-order valence-electron chi connectivity index (χ2n) is 7.33. The Kier molecular flexibility index (Phi) is 6.87. The molecule has 1 aromatic heterocycles. The number of benzene rings is 2. The predicted molar refractivity (Wildman–Crippen MR) is 125 cm³/mol. The Morgan fingerprint density at radius 1 is 1.16 bits per heavy atom. The average Bonchev–Trinajstić information content (AvgIpc) is 3.30. The van der Waals surface area contributed by atoms with Crippen molar-refractivity contribution in [3.05, 3.63) is 63.6 Å². The van der Waals surface area contributed by atoms with E-state index in [1.165, 1.54) is 11.3 Å². The lowest BCUT2D eigenvalue weighted by Gasteiger charge is -2.31. The van der Waals surface area contributed by atoms with Crippen LogP contribution < -0.4 is 15.4 Å². The highest BCUT2D eigenvalue weighted by Crippen LogP contribution is 2.30. The maximum absolute atomic E-state index is 12.8. The summed E-state index contributed by atoms with van der Waals surface area (Å²) >= 11 is 7.22. The van der Waals surface area contributed by atoms with Crippen molar-refractivity contribution < 1.29 is 14.3 Å². The molecule has 1 aliphatic heterocycles. The van der Waals surface area contributed by atoms with Gasteiger partial charge in [-0.15, -0.1) is 10.2 Å². The number of nitrogens with one attached hydrogen (secondary N) is 2. The van der Waals surface area contributed by atoms with Gasteiger partial charge in [-0.1, -0.05) is 41.1 Å². The average molecular weight is 472 g/mol. The molecule has 2 heterocycles. The van der Waals surface area contributed by atoms with Gasteiger partial charge < -0.3 is 20.3 Å². The molecule has 166 valence electrons. The van der Waals surface area contributed by atoms with Crippen LogP contribution in [0.4, 0.5) is 16.2 Å². The van der Waals surface area contributed by atoms with Crippen LogP contribution in [0.2, 0.25) is 5.02 Å². The summed E-state index contributed by atoms with van der Waals surface area (Å²) in [7, 11) is 1.57. The zero-order valence-electron chi connectivity index (χ0n) is 17.4. The Hall–Kier alpha value is -3.17. The number of urea groups is 1. The van der Waals surface area contributed by atoms with Gasteiger partial charge in [-0.25, -0.2) is 4.79 Å². The first-order valence-corrected chi connectivity index (χ1v) is 11.3. The van der Waals surface area contributed by atoms with E-state index >= 15 is 0 Å². The number of nitrogens with zero attached hydrogens (tertiary/aromatic N) is 3. The Morgan fingerprint density at radius 2 is 2.00 bits per heavy atom. The molecule has 4 rings (SSSR count). The van der Waals surface area contributed by atoms with Gasteiger partial charge in [0.2, 0.25) is 5.01 Å². The minimum atomic E-state index is -0.336. The Labute approximate surface area is 194 Å². The van der Waals surface area contributed by atoms with Crippen LogP contribution in [0, 0.1) is 0 Å². The summed E-state index contributed by atoms with van der Waals surface area (Å²) in [6, 6.07) is 14.0. The predicted octanol–water partition coefficient (Wildman–Crippen LogP) is 4.86. The number of aromatic nitrogens is 2. The van der Waals surface area contributed by atoms with Gasteiger partial charge in [0, 0.05) is 29.7 Å². The van der Waals surface area contributed by atoms with Crippen LogP contribution >= 0.6 is 22.9 Å². The highest BCUT2D eigenvalue weighted by Gasteiger charge is 2.28. The topological polar surface area (TPSA) is 96.4 Å². The molecule has 0 radical (unpaired) electrons. The maximum Gasteiger partial charge on any atom is 0.321 e. The summed E-state index contributed by atoms with van der Waals surface area (Å²) in [4.78, 5) is 27.1. The van der Waals surface area contributed by atoms with Crippen molar-refractivity contribution >= 4 is 46.3 Å². The molecule has 3 aromatic rings. The van der Waals surface area contributed by atoms with E-state index in [2.05, 4.69) is 20.8 Å². The number of amides is 3. The van der Waals surface area contributed by atoms with E-state index in [9.17, 15) is 9.59 Å². The van der Waals surface area contributed by atoms with Crippen molar-refractivity contribution in [1.82, 2.24) is 15.1 Å². The number of hydrogen-bond acceptors (Lipinski definition) is 6. The minimum Gasteiger partial charge on any atom is -0.495 e. The van der Waals surface area contributed by atoms with Crippen molar-refractivity contribution in [3.63, 3.8) is 0 Å². The lowest BCUT2D eigenvalue weighted by atomic mass is 9.99. The number of hydrogen-bond donors (Lipinski definition) is 2. The van der Waals surface area contributed by atoms with Gasteiger partial charge in [-0.05, 0) is 43.2 Å². The normalized spacial score (nSPS) is 15.8. The van der Waals surface area contributed by atoms with Crippen LogP contribution in [0.25, 0.3) is 0 Å². The fraction of sp³-hybridized carbons (Fsp3) is 0.273. The molecule has 0 aliphatic carbocycles. The SMILES string of the molecule is COc1ccccc1NC(=O)N1CCC[C@@H](c2nnc(C(=O)Nc3cccc(Cl)c3)s2)C1. The fourth-order valence-electron chi connectivity index (χ4n) is 3.55. The molecular formula is C22H22ClN5O3S. The first kappa shape index (κ1) is 22.0. The van der Waals surface area contributed by atoms with Gasteiger partial charge >= 0.3 is 6.03 Å². The molecule has 1 aliphatic rings. The number of ether oxygens (including phenoxy) is 1. The number of para-hydroxylation sites is 2. The lowest BCUT2D eigenvalue weighted by Crippen LogP contribution is -2.41. The van der Waals surface area contributed by atoms with Crippen LogP contribution in [0.3, 0.4) is 0 Å². The standard InChI is InChI=1S/C22H22ClN5O3S/c1-31-18-10-3-2-9-17(18)25-22(30)28-11-5-6-14(13-28)20-26-27-21(32-20)19(29)24-16-8-4-7-15(23)12-16/h2-4,7-10,12,14H,5-6,11,13H2,1H3,(H,24,29)(H,25,30)/t14-/m1/s1. The van der Waals surface area contributed by atoms with Gasteiger partial charge in [-0.2, -0.15) is 0 Å². The van der Waals surface area contributed by atoms with Crippen LogP contribution in [0.5, 0.6) is 5.75 Å². The van der Waals surface area contributed by atoms with Crippen molar-refractivity contribution in [3.8, 4) is 5.75 Å². The van der Waals surface area contributed by atoms with E-state index in [1.807, 2.05) is 12.1 Å². The molecule has 32 heavy (non-hydrogen) atoms. The third-order valence-electron chi connectivity index (χ3n) is 5.12. The first-order chi connectivity index (χ1) is 15.5. The Bertz CT molecular complexity index is 1120. The molecular weight excluding hydrogens is 450 g/mol. The molecule has 1 atom stereocenters.